The van der Waals surface area contributed by atoms with Crippen LogP contribution in [0.3, 0.4) is 0 Å². The van der Waals surface area contributed by atoms with E-state index in [0.29, 0.717) is 5.75 Å². The van der Waals surface area contributed by atoms with Gasteiger partial charge in [0.25, 0.3) is 0 Å². The van der Waals surface area contributed by atoms with Crippen molar-refractivity contribution in [2.24, 2.45) is 0 Å². The highest BCUT2D eigenvalue weighted by Crippen LogP contribution is 2.10. The van der Waals surface area contributed by atoms with Crippen LogP contribution < -0.4 is 5.32 Å². The van der Waals surface area contributed by atoms with E-state index in [1.807, 2.05) is 13.2 Å². The molecule has 0 heterocycles. The van der Waals surface area contributed by atoms with Gasteiger partial charge in [-0.2, -0.15) is 23.5 Å². The van der Waals surface area contributed by atoms with E-state index in [0.717, 1.165) is 12.2 Å². The van der Waals surface area contributed by atoms with Crippen LogP contribution in [0.1, 0.15) is 26.7 Å². The van der Waals surface area contributed by atoms with Crippen molar-refractivity contribution in [3.8, 4) is 0 Å². The third-order valence-electron chi connectivity index (χ3n) is 2.30. The molecule has 5 heteroatoms. The molecular weight excluding hydrogens is 242 g/mol. The smallest absolute Gasteiger partial charge is 0.230 e. The third-order valence-corrected chi connectivity index (χ3v) is 4.51. The van der Waals surface area contributed by atoms with Crippen molar-refractivity contribution in [2.75, 3.05) is 24.4 Å². The summed E-state index contributed by atoms with van der Waals surface area (Å²) in [5.74, 6) is 1.64. The van der Waals surface area contributed by atoms with E-state index in [2.05, 4.69) is 12.2 Å². The van der Waals surface area contributed by atoms with Gasteiger partial charge in [-0.3, -0.25) is 4.79 Å². The maximum Gasteiger partial charge on any atom is 0.230 e. The van der Waals surface area contributed by atoms with Crippen molar-refractivity contribution < 1.29 is 9.90 Å². The predicted octanol–water partition coefficient (Wildman–Crippen LogP) is 1.75. The van der Waals surface area contributed by atoms with E-state index < -0.39 is 0 Å². The van der Waals surface area contributed by atoms with Gasteiger partial charge in [-0.1, -0.05) is 13.3 Å². The van der Waals surface area contributed by atoms with Gasteiger partial charge in [-0.05, 0) is 25.4 Å². The molecule has 0 aliphatic carbocycles. The number of carbonyl (C=O) groups excluding carboxylic acids is 1. The Bertz CT molecular complexity index is 187. The number of aliphatic hydroxyl groups excluding tert-OH is 1. The average Bonchev–Trinajstić information content (AvgIpc) is 2.26. The quantitative estimate of drug-likeness (QED) is 0.624. The SMILES string of the molecule is CCCCSCC(=O)NC(C)C(CO)SC. The molecule has 3 nitrogen and oxygen atoms in total. The zero-order valence-electron chi connectivity index (χ0n) is 10.4. The molecule has 2 unspecified atom stereocenters. The van der Waals surface area contributed by atoms with Gasteiger partial charge in [0.05, 0.1) is 12.4 Å². The van der Waals surface area contributed by atoms with E-state index in [9.17, 15) is 4.79 Å². The van der Waals surface area contributed by atoms with Crippen LogP contribution in [-0.4, -0.2) is 46.7 Å². The van der Waals surface area contributed by atoms with Crippen LogP contribution in [0.15, 0.2) is 0 Å². The molecule has 0 aromatic heterocycles. The molecule has 0 aromatic rings. The molecule has 1 amide bonds. The van der Waals surface area contributed by atoms with Crippen molar-refractivity contribution in [3.05, 3.63) is 0 Å². The van der Waals surface area contributed by atoms with Crippen LogP contribution in [-0.2, 0) is 4.79 Å². The van der Waals surface area contributed by atoms with Crippen molar-refractivity contribution in [3.63, 3.8) is 0 Å². The van der Waals surface area contributed by atoms with Crippen molar-refractivity contribution in [1.82, 2.24) is 5.32 Å². The Morgan fingerprint density at radius 1 is 1.50 bits per heavy atom. The maximum absolute atomic E-state index is 11.5. The molecule has 96 valence electrons. The van der Waals surface area contributed by atoms with E-state index in [1.54, 1.807) is 23.5 Å². The Morgan fingerprint density at radius 2 is 2.19 bits per heavy atom. The Morgan fingerprint density at radius 3 is 2.69 bits per heavy atom. The minimum Gasteiger partial charge on any atom is -0.395 e. The van der Waals surface area contributed by atoms with E-state index in [4.69, 9.17) is 5.11 Å². The Balaban J connectivity index is 3.68. The van der Waals surface area contributed by atoms with E-state index >= 15 is 0 Å². The molecule has 0 rings (SSSR count). The maximum atomic E-state index is 11.5. The molecule has 2 atom stereocenters. The highest BCUT2D eigenvalue weighted by atomic mass is 32.2. The molecule has 0 spiro atoms. The summed E-state index contributed by atoms with van der Waals surface area (Å²) in [6.07, 6.45) is 4.28. The summed E-state index contributed by atoms with van der Waals surface area (Å²) in [6, 6.07) is 0.0271. The molecule has 2 N–H and O–H groups in total. The molecular formula is C11H23NO2S2. The second kappa shape index (κ2) is 10.3. The number of rotatable bonds is 9. The van der Waals surface area contributed by atoms with Crippen LogP contribution in [0.2, 0.25) is 0 Å². The standard InChI is InChI=1S/C11H23NO2S2/c1-4-5-6-16-8-11(14)12-9(2)10(7-13)15-3/h9-10,13H,4-8H2,1-3H3,(H,12,14). The lowest BCUT2D eigenvalue weighted by Gasteiger charge is -2.21. The molecule has 0 fully saturated rings. The van der Waals surface area contributed by atoms with Crippen molar-refractivity contribution >= 4 is 29.4 Å². The van der Waals surface area contributed by atoms with Gasteiger partial charge < -0.3 is 10.4 Å². The van der Waals surface area contributed by atoms with Crippen molar-refractivity contribution in [2.45, 2.75) is 38.0 Å². The summed E-state index contributed by atoms with van der Waals surface area (Å²) in [4.78, 5) is 11.5. The summed E-state index contributed by atoms with van der Waals surface area (Å²) < 4.78 is 0. The molecule has 0 aromatic carbocycles. The number of nitrogens with one attached hydrogen (secondary N) is 1. The fourth-order valence-corrected chi connectivity index (χ4v) is 2.77. The fraction of sp³-hybridized carbons (Fsp3) is 0.909. The number of aliphatic hydroxyl groups is 1. The Labute approximate surface area is 107 Å². The first kappa shape index (κ1) is 16.1. The minimum absolute atomic E-state index is 0.0271. The highest BCUT2D eigenvalue weighted by Gasteiger charge is 2.16. The number of unbranched alkanes of at least 4 members (excludes halogenated alkanes) is 1. The minimum atomic E-state index is 0.0271. The van der Waals surface area contributed by atoms with Gasteiger partial charge in [0.2, 0.25) is 5.91 Å². The van der Waals surface area contributed by atoms with Crippen LogP contribution in [0, 0.1) is 0 Å². The second-order valence-corrected chi connectivity index (χ2v) is 5.90. The number of thioether (sulfide) groups is 2. The average molecular weight is 265 g/mol. The molecule has 0 saturated heterocycles. The number of hydrogen-bond donors (Lipinski definition) is 2. The number of hydrogen-bond acceptors (Lipinski definition) is 4. The summed E-state index contributed by atoms with van der Waals surface area (Å²) in [7, 11) is 0. The zero-order valence-corrected chi connectivity index (χ0v) is 12.0. The molecule has 0 saturated carbocycles. The second-order valence-electron chi connectivity index (χ2n) is 3.72. The highest BCUT2D eigenvalue weighted by molar-refractivity contribution is 8.00. The molecule has 0 aliphatic rings. The fourth-order valence-electron chi connectivity index (χ4n) is 1.24. The number of carbonyl (C=O) groups is 1. The number of amides is 1. The lowest BCUT2D eigenvalue weighted by molar-refractivity contribution is -0.119. The summed E-state index contributed by atoms with van der Waals surface area (Å²) >= 11 is 3.25. The van der Waals surface area contributed by atoms with Gasteiger partial charge in [0, 0.05) is 11.3 Å². The molecule has 0 bridgehead atoms. The van der Waals surface area contributed by atoms with Gasteiger partial charge in [-0.15, -0.1) is 0 Å². The van der Waals surface area contributed by atoms with Crippen LogP contribution in [0.4, 0.5) is 0 Å². The predicted molar refractivity (Wildman–Crippen MR) is 74.2 cm³/mol. The summed E-state index contributed by atoms with van der Waals surface area (Å²) in [5, 5.41) is 12.1. The first-order chi connectivity index (χ1) is 7.65. The monoisotopic (exact) mass is 265 g/mol. The first-order valence-electron chi connectivity index (χ1n) is 5.66. The van der Waals surface area contributed by atoms with Crippen LogP contribution in [0.25, 0.3) is 0 Å². The molecule has 0 aliphatic heterocycles. The normalized spacial score (nSPS) is 14.5. The summed E-state index contributed by atoms with van der Waals surface area (Å²) in [6.45, 7) is 4.19. The van der Waals surface area contributed by atoms with Crippen molar-refractivity contribution in [1.29, 1.82) is 0 Å². The van der Waals surface area contributed by atoms with E-state index in [1.165, 1.54) is 6.42 Å². The van der Waals surface area contributed by atoms with Gasteiger partial charge in [-0.25, -0.2) is 0 Å². The van der Waals surface area contributed by atoms with Gasteiger partial charge in [0.1, 0.15) is 0 Å². The van der Waals surface area contributed by atoms with Gasteiger partial charge in [0.15, 0.2) is 0 Å². The lowest BCUT2D eigenvalue weighted by atomic mass is 10.2. The molecule has 16 heavy (non-hydrogen) atoms. The molecule has 0 radical (unpaired) electrons. The van der Waals surface area contributed by atoms with E-state index in [-0.39, 0.29) is 23.8 Å². The largest absolute Gasteiger partial charge is 0.395 e. The third kappa shape index (κ3) is 7.41. The van der Waals surface area contributed by atoms with Crippen LogP contribution in [0.5, 0.6) is 0 Å². The topological polar surface area (TPSA) is 49.3 Å². The lowest BCUT2D eigenvalue weighted by Crippen LogP contribution is -2.42. The summed E-state index contributed by atoms with van der Waals surface area (Å²) in [5.41, 5.74) is 0. The zero-order chi connectivity index (χ0) is 12.4. The first-order valence-corrected chi connectivity index (χ1v) is 8.10. The van der Waals surface area contributed by atoms with Crippen LogP contribution >= 0.6 is 23.5 Å². The Hall–Kier alpha value is 0.130. The van der Waals surface area contributed by atoms with Gasteiger partial charge >= 0.3 is 0 Å². The Kier molecular flexibility index (Phi) is 10.4.